The number of amides is 3. The maximum absolute atomic E-state index is 11.6. The van der Waals surface area contributed by atoms with Crippen molar-refractivity contribution in [2.24, 2.45) is 0 Å². The van der Waals surface area contributed by atoms with Crippen LogP contribution in [0.25, 0.3) is 0 Å². The smallest absolute Gasteiger partial charge is 0.318 e. The molecule has 86 valence electrons. The molecule has 0 bridgehead atoms. The number of carbonyl (C=O) groups excluding carboxylic acids is 2. The van der Waals surface area contributed by atoms with Crippen LogP contribution in [0.5, 0.6) is 0 Å². The van der Waals surface area contributed by atoms with Gasteiger partial charge in [-0.05, 0) is 25.9 Å². The van der Waals surface area contributed by atoms with Crippen molar-refractivity contribution in [3.63, 3.8) is 0 Å². The minimum absolute atomic E-state index is 0. The molecule has 15 heavy (non-hydrogen) atoms. The van der Waals surface area contributed by atoms with E-state index in [-0.39, 0.29) is 36.9 Å². The van der Waals surface area contributed by atoms with Crippen LogP contribution < -0.4 is 5.32 Å². The predicted molar refractivity (Wildman–Crippen MR) is 58.0 cm³/mol. The van der Waals surface area contributed by atoms with E-state index in [0.29, 0.717) is 0 Å². The quantitative estimate of drug-likeness (QED) is 0.652. The molecule has 0 unspecified atom stereocenters. The molecule has 0 atom stereocenters. The van der Waals surface area contributed by atoms with E-state index in [1.165, 1.54) is 9.80 Å². The summed E-state index contributed by atoms with van der Waals surface area (Å²) in [5.74, 6) is -0.0515. The molecule has 0 radical (unpaired) electrons. The number of urea groups is 1. The minimum Gasteiger partial charge on any atom is -0.318 e. The first-order valence-electron chi connectivity index (χ1n) is 4.98. The van der Waals surface area contributed by atoms with Crippen molar-refractivity contribution in [1.29, 1.82) is 0 Å². The molecule has 0 aliphatic carbocycles. The number of likely N-dealkylation sites (N-methyl/N-ethyl adjacent to an activating group) is 1. The summed E-state index contributed by atoms with van der Waals surface area (Å²) in [6, 6.07) is -0.0249. The Labute approximate surface area is 95.2 Å². The molecule has 2 rings (SSSR count). The van der Waals surface area contributed by atoms with Gasteiger partial charge in [-0.25, -0.2) is 4.79 Å². The number of imide groups is 1. The number of hydrogen-bond donors (Lipinski definition) is 1. The molecule has 2 aliphatic heterocycles. The van der Waals surface area contributed by atoms with Crippen molar-refractivity contribution in [2.75, 3.05) is 26.7 Å². The summed E-state index contributed by atoms with van der Waals surface area (Å²) in [7, 11) is 1.67. The number of halogens is 1. The number of nitrogens with one attached hydrogen (secondary N) is 1. The minimum atomic E-state index is -0.137. The first kappa shape index (κ1) is 12.3. The fraction of sp³-hybridized carbons (Fsp3) is 0.778. The Morgan fingerprint density at radius 2 is 1.87 bits per heavy atom. The SMILES string of the molecule is CN1CC(=O)N(C2CCNCC2)C1=O.Cl. The molecule has 2 fully saturated rings. The average Bonchev–Trinajstić information content (AvgIpc) is 2.43. The Balaban J connectivity index is 0.00000112. The van der Waals surface area contributed by atoms with Crippen LogP contribution in [0.3, 0.4) is 0 Å². The molecule has 0 spiro atoms. The molecule has 5 nitrogen and oxygen atoms in total. The Morgan fingerprint density at radius 1 is 1.27 bits per heavy atom. The number of hydrogen-bond acceptors (Lipinski definition) is 3. The molecule has 2 heterocycles. The van der Waals surface area contributed by atoms with Crippen LogP contribution in [0.1, 0.15) is 12.8 Å². The highest BCUT2D eigenvalue weighted by Gasteiger charge is 2.38. The van der Waals surface area contributed by atoms with Gasteiger partial charge in [0, 0.05) is 13.1 Å². The molecule has 0 aromatic rings. The topological polar surface area (TPSA) is 52.7 Å². The van der Waals surface area contributed by atoms with Crippen LogP contribution in [-0.4, -0.2) is 54.5 Å². The summed E-state index contributed by atoms with van der Waals surface area (Å²) in [5, 5.41) is 3.22. The third-order valence-corrected chi connectivity index (χ3v) is 2.85. The molecule has 6 heteroatoms. The predicted octanol–water partition coefficient (Wildman–Crippen LogP) is 0.0542. The van der Waals surface area contributed by atoms with E-state index >= 15 is 0 Å². The largest absolute Gasteiger partial charge is 0.327 e. The summed E-state index contributed by atoms with van der Waals surface area (Å²) in [6.45, 7) is 2.03. The maximum atomic E-state index is 11.6. The van der Waals surface area contributed by atoms with Gasteiger partial charge in [0.25, 0.3) is 5.91 Å². The summed E-state index contributed by atoms with van der Waals surface area (Å²) >= 11 is 0. The monoisotopic (exact) mass is 233 g/mol. The van der Waals surface area contributed by atoms with Crippen molar-refractivity contribution in [3.05, 3.63) is 0 Å². The lowest BCUT2D eigenvalue weighted by Crippen LogP contribution is -2.46. The molecule has 0 aromatic heterocycles. The van der Waals surface area contributed by atoms with E-state index in [1.807, 2.05) is 0 Å². The number of rotatable bonds is 1. The van der Waals surface area contributed by atoms with Crippen LogP contribution in [0.15, 0.2) is 0 Å². The molecular formula is C9H16ClN3O2. The summed E-state index contributed by atoms with van der Waals surface area (Å²) < 4.78 is 0. The molecule has 2 aliphatic rings. The first-order chi connectivity index (χ1) is 6.70. The zero-order valence-electron chi connectivity index (χ0n) is 8.73. The summed E-state index contributed by atoms with van der Waals surface area (Å²) in [4.78, 5) is 26.1. The van der Waals surface area contributed by atoms with E-state index in [0.717, 1.165) is 25.9 Å². The van der Waals surface area contributed by atoms with Gasteiger partial charge in [0.1, 0.15) is 6.54 Å². The van der Waals surface area contributed by atoms with Crippen molar-refractivity contribution in [2.45, 2.75) is 18.9 Å². The van der Waals surface area contributed by atoms with E-state index < -0.39 is 0 Å². The second-order valence-corrected chi connectivity index (χ2v) is 3.88. The number of carbonyl (C=O) groups is 2. The summed E-state index contributed by atoms with van der Waals surface area (Å²) in [5.41, 5.74) is 0. The summed E-state index contributed by atoms with van der Waals surface area (Å²) in [6.07, 6.45) is 1.76. The first-order valence-corrected chi connectivity index (χ1v) is 4.98. The van der Waals surface area contributed by atoms with Gasteiger partial charge >= 0.3 is 6.03 Å². The normalized spacial score (nSPS) is 23.3. The number of piperidine rings is 1. The van der Waals surface area contributed by atoms with E-state index in [2.05, 4.69) is 5.32 Å². The van der Waals surface area contributed by atoms with Gasteiger partial charge in [0.05, 0.1) is 0 Å². The number of nitrogens with zero attached hydrogens (tertiary/aromatic N) is 2. The standard InChI is InChI=1S/C9H15N3O2.ClH/c1-11-6-8(13)12(9(11)14)7-2-4-10-5-3-7;/h7,10H,2-6H2,1H3;1H. The maximum Gasteiger partial charge on any atom is 0.327 e. The van der Waals surface area contributed by atoms with E-state index in [4.69, 9.17) is 0 Å². The Hall–Kier alpha value is -0.810. The Morgan fingerprint density at radius 3 is 2.33 bits per heavy atom. The second kappa shape index (κ2) is 4.81. The third kappa shape index (κ3) is 2.23. The van der Waals surface area contributed by atoms with Crippen LogP contribution >= 0.6 is 12.4 Å². The highest BCUT2D eigenvalue weighted by Crippen LogP contribution is 2.18. The van der Waals surface area contributed by atoms with Gasteiger partial charge in [0.2, 0.25) is 0 Å². The van der Waals surface area contributed by atoms with Crippen molar-refractivity contribution in [3.8, 4) is 0 Å². The molecule has 1 N–H and O–H groups in total. The molecule has 3 amide bonds. The Bertz CT molecular complexity index is 266. The molecule has 0 aromatic carbocycles. The second-order valence-electron chi connectivity index (χ2n) is 3.88. The highest BCUT2D eigenvalue weighted by molar-refractivity contribution is 6.02. The fourth-order valence-corrected chi connectivity index (χ4v) is 2.06. The lowest BCUT2D eigenvalue weighted by molar-refractivity contribution is -0.127. The highest BCUT2D eigenvalue weighted by atomic mass is 35.5. The lowest BCUT2D eigenvalue weighted by Gasteiger charge is -2.29. The van der Waals surface area contributed by atoms with Crippen molar-refractivity contribution in [1.82, 2.24) is 15.1 Å². The molecular weight excluding hydrogens is 218 g/mol. The van der Waals surface area contributed by atoms with Gasteiger partial charge in [-0.1, -0.05) is 0 Å². The zero-order chi connectivity index (χ0) is 10.1. The van der Waals surface area contributed by atoms with Crippen LogP contribution in [-0.2, 0) is 4.79 Å². The lowest BCUT2D eigenvalue weighted by atomic mass is 10.1. The third-order valence-electron chi connectivity index (χ3n) is 2.85. The van der Waals surface area contributed by atoms with Gasteiger partial charge in [-0.15, -0.1) is 12.4 Å². The van der Waals surface area contributed by atoms with Crippen LogP contribution in [0, 0.1) is 0 Å². The van der Waals surface area contributed by atoms with E-state index in [1.54, 1.807) is 7.05 Å². The fourth-order valence-electron chi connectivity index (χ4n) is 2.06. The Kier molecular flexibility index (Phi) is 3.93. The average molecular weight is 234 g/mol. The van der Waals surface area contributed by atoms with Crippen LogP contribution in [0.2, 0.25) is 0 Å². The van der Waals surface area contributed by atoms with Gasteiger partial charge < -0.3 is 10.2 Å². The van der Waals surface area contributed by atoms with E-state index in [9.17, 15) is 9.59 Å². The zero-order valence-corrected chi connectivity index (χ0v) is 9.55. The van der Waals surface area contributed by atoms with Crippen molar-refractivity contribution < 1.29 is 9.59 Å². The van der Waals surface area contributed by atoms with Crippen molar-refractivity contribution >= 4 is 24.3 Å². The van der Waals surface area contributed by atoms with Gasteiger partial charge in [0.15, 0.2) is 0 Å². The van der Waals surface area contributed by atoms with Gasteiger partial charge in [-0.3, -0.25) is 9.69 Å². The molecule has 2 saturated heterocycles. The van der Waals surface area contributed by atoms with Gasteiger partial charge in [-0.2, -0.15) is 0 Å². The van der Waals surface area contributed by atoms with Crippen LogP contribution in [0.4, 0.5) is 4.79 Å². The molecule has 0 saturated carbocycles.